The maximum Gasteiger partial charge on any atom is 0.387 e. The van der Waals surface area contributed by atoms with Gasteiger partial charge in [0, 0.05) is 23.9 Å². The van der Waals surface area contributed by atoms with Crippen LogP contribution in [-0.4, -0.2) is 22.3 Å². The van der Waals surface area contributed by atoms with Crippen LogP contribution in [0.15, 0.2) is 30.5 Å². The van der Waals surface area contributed by atoms with Gasteiger partial charge in [0.05, 0.1) is 12.2 Å². The summed E-state index contributed by atoms with van der Waals surface area (Å²) >= 11 is 0. The van der Waals surface area contributed by atoms with E-state index >= 15 is 0 Å². The fourth-order valence-electron chi connectivity index (χ4n) is 2.11. The smallest absolute Gasteiger partial charge is 0.387 e. The van der Waals surface area contributed by atoms with Crippen molar-refractivity contribution in [2.24, 2.45) is 7.05 Å². The Labute approximate surface area is 126 Å². The normalized spacial score (nSPS) is 12.3. The van der Waals surface area contributed by atoms with Crippen molar-refractivity contribution in [3.05, 3.63) is 47.3 Å². The number of benzene rings is 1. The summed E-state index contributed by atoms with van der Waals surface area (Å²) in [7, 11) is 1.82. The van der Waals surface area contributed by atoms with Gasteiger partial charge in [0.15, 0.2) is 0 Å². The topological polar surface area (TPSA) is 56.1 Å². The van der Waals surface area contributed by atoms with Gasteiger partial charge in [-0.2, -0.15) is 13.9 Å². The highest BCUT2D eigenvalue weighted by Gasteiger charge is 2.16. The van der Waals surface area contributed by atoms with Crippen LogP contribution in [0.1, 0.15) is 34.6 Å². The lowest BCUT2D eigenvalue weighted by molar-refractivity contribution is -0.0498. The van der Waals surface area contributed by atoms with E-state index in [0.717, 1.165) is 11.3 Å². The third kappa shape index (κ3) is 3.60. The first-order valence-corrected chi connectivity index (χ1v) is 6.72. The predicted molar refractivity (Wildman–Crippen MR) is 76.9 cm³/mol. The number of carbonyl (C=O) groups excluding carboxylic acids is 1. The van der Waals surface area contributed by atoms with E-state index in [2.05, 4.69) is 15.2 Å². The molecule has 0 saturated heterocycles. The van der Waals surface area contributed by atoms with Gasteiger partial charge in [-0.1, -0.05) is 6.07 Å². The number of hydrogen-bond donors (Lipinski definition) is 1. The van der Waals surface area contributed by atoms with E-state index in [1.165, 1.54) is 24.3 Å². The molecule has 0 radical (unpaired) electrons. The van der Waals surface area contributed by atoms with E-state index in [1.807, 2.05) is 20.9 Å². The summed E-state index contributed by atoms with van der Waals surface area (Å²) in [4.78, 5) is 12.2. The van der Waals surface area contributed by atoms with Crippen LogP contribution in [-0.2, 0) is 7.05 Å². The first-order valence-electron chi connectivity index (χ1n) is 6.72. The van der Waals surface area contributed by atoms with Crippen LogP contribution in [0.4, 0.5) is 8.78 Å². The van der Waals surface area contributed by atoms with Crippen LogP contribution < -0.4 is 10.1 Å². The summed E-state index contributed by atoms with van der Waals surface area (Å²) in [6.07, 6.45) is 1.69. The number of amides is 1. The molecule has 1 amide bonds. The second-order valence-electron chi connectivity index (χ2n) is 4.91. The van der Waals surface area contributed by atoms with Crippen molar-refractivity contribution in [1.82, 2.24) is 15.1 Å². The van der Waals surface area contributed by atoms with Gasteiger partial charge >= 0.3 is 6.61 Å². The number of aromatic nitrogens is 2. The molecule has 1 atom stereocenters. The van der Waals surface area contributed by atoms with Gasteiger partial charge in [-0.25, -0.2) is 0 Å². The van der Waals surface area contributed by atoms with Crippen LogP contribution in [0.25, 0.3) is 0 Å². The molecule has 22 heavy (non-hydrogen) atoms. The van der Waals surface area contributed by atoms with E-state index in [1.54, 1.807) is 10.9 Å². The van der Waals surface area contributed by atoms with Crippen LogP contribution in [0, 0.1) is 6.92 Å². The minimum absolute atomic E-state index is 0.0483. The number of nitrogens with zero attached hydrogens (tertiary/aromatic N) is 2. The Hall–Kier alpha value is -2.44. The molecule has 0 aliphatic rings. The molecule has 0 aliphatic heterocycles. The molecule has 0 fully saturated rings. The molecular formula is C15H17F2N3O2. The zero-order chi connectivity index (χ0) is 16.3. The molecule has 0 bridgehead atoms. The Morgan fingerprint density at radius 1 is 1.41 bits per heavy atom. The van der Waals surface area contributed by atoms with Gasteiger partial charge in [-0.05, 0) is 32.0 Å². The largest absolute Gasteiger partial charge is 0.435 e. The number of ether oxygens (including phenoxy) is 1. The minimum Gasteiger partial charge on any atom is -0.435 e. The molecule has 0 spiro atoms. The number of halogens is 2. The Morgan fingerprint density at radius 3 is 2.73 bits per heavy atom. The van der Waals surface area contributed by atoms with Crippen LogP contribution >= 0.6 is 0 Å². The highest BCUT2D eigenvalue weighted by Crippen LogP contribution is 2.19. The average molecular weight is 309 g/mol. The van der Waals surface area contributed by atoms with Crippen LogP contribution in [0.5, 0.6) is 5.75 Å². The number of nitrogens with one attached hydrogen (secondary N) is 1. The van der Waals surface area contributed by atoms with Crippen molar-refractivity contribution in [2.45, 2.75) is 26.5 Å². The van der Waals surface area contributed by atoms with Gasteiger partial charge in [-0.3, -0.25) is 9.48 Å². The van der Waals surface area contributed by atoms with Gasteiger partial charge in [0.2, 0.25) is 0 Å². The van der Waals surface area contributed by atoms with E-state index in [9.17, 15) is 13.6 Å². The van der Waals surface area contributed by atoms with Crippen molar-refractivity contribution < 1.29 is 18.3 Å². The second kappa shape index (κ2) is 6.55. The molecule has 7 heteroatoms. The van der Waals surface area contributed by atoms with E-state index < -0.39 is 6.61 Å². The molecule has 0 saturated carbocycles. The van der Waals surface area contributed by atoms with Crippen molar-refractivity contribution in [3.63, 3.8) is 0 Å². The first-order chi connectivity index (χ1) is 10.4. The highest BCUT2D eigenvalue weighted by molar-refractivity contribution is 5.94. The number of carbonyl (C=O) groups is 1. The Kier molecular flexibility index (Phi) is 4.75. The summed E-state index contributed by atoms with van der Waals surface area (Å²) in [6, 6.07) is 5.44. The van der Waals surface area contributed by atoms with Crippen LogP contribution in [0.2, 0.25) is 0 Å². The summed E-state index contributed by atoms with van der Waals surface area (Å²) in [5, 5.41) is 6.94. The van der Waals surface area contributed by atoms with Gasteiger partial charge < -0.3 is 10.1 Å². The number of alkyl halides is 2. The lowest BCUT2D eigenvalue weighted by Crippen LogP contribution is -2.27. The molecule has 2 aromatic rings. The maximum atomic E-state index is 12.2. The molecular weight excluding hydrogens is 292 g/mol. The SMILES string of the molecule is Cc1c([C@H](C)NC(=O)c2cccc(OC(F)F)c2)cnn1C. The Balaban J connectivity index is 2.10. The fraction of sp³-hybridized carbons (Fsp3) is 0.333. The van der Waals surface area contributed by atoms with Crippen molar-refractivity contribution >= 4 is 5.91 Å². The van der Waals surface area contributed by atoms with Crippen molar-refractivity contribution in [1.29, 1.82) is 0 Å². The molecule has 5 nitrogen and oxygen atoms in total. The second-order valence-corrected chi connectivity index (χ2v) is 4.91. The van der Waals surface area contributed by atoms with Crippen molar-refractivity contribution in [2.75, 3.05) is 0 Å². The number of aryl methyl sites for hydroxylation is 1. The molecule has 118 valence electrons. The lowest BCUT2D eigenvalue weighted by atomic mass is 10.1. The van der Waals surface area contributed by atoms with Gasteiger partial charge in [0.25, 0.3) is 5.91 Å². The number of rotatable bonds is 5. The molecule has 0 unspecified atom stereocenters. The third-order valence-corrected chi connectivity index (χ3v) is 3.41. The molecule has 1 aromatic heterocycles. The van der Waals surface area contributed by atoms with Gasteiger partial charge in [0.1, 0.15) is 5.75 Å². The third-order valence-electron chi connectivity index (χ3n) is 3.41. The summed E-state index contributed by atoms with van der Waals surface area (Å²) in [5.74, 6) is -0.414. The summed E-state index contributed by atoms with van der Waals surface area (Å²) in [5.41, 5.74) is 2.10. The average Bonchev–Trinajstić information content (AvgIpc) is 2.78. The van der Waals surface area contributed by atoms with Crippen molar-refractivity contribution in [3.8, 4) is 5.75 Å². The van der Waals surface area contributed by atoms with E-state index in [0.29, 0.717) is 0 Å². The summed E-state index contributed by atoms with van der Waals surface area (Å²) < 4.78 is 30.4. The molecule has 0 aliphatic carbocycles. The molecule has 2 rings (SSSR count). The molecule has 1 aromatic carbocycles. The lowest BCUT2D eigenvalue weighted by Gasteiger charge is -2.14. The zero-order valence-electron chi connectivity index (χ0n) is 12.5. The van der Waals surface area contributed by atoms with E-state index in [-0.39, 0.29) is 23.3 Å². The standard InChI is InChI=1S/C15H17F2N3O2/c1-9(13-8-18-20(3)10(13)2)19-14(21)11-5-4-6-12(7-11)22-15(16)17/h4-9,15H,1-3H3,(H,19,21)/t9-/m0/s1. The maximum absolute atomic E-state index is 12.2. The van der Waals surface area contributed by atoms with Crippen LogP contribution in [0.3, 0.4) is 0 Å². The first kappa shape index (κ1) is 15.9. The highest BCUT2D eigenvalue weighted by atomic mass is 19.3. The summed E-state index contributed by atoms with van der Waals surface area (Å²) in [6.45, 7) is 0.819. The molecule has 1 heterocycles. The van der Waals surface area contributed by atoms with E-state index in [4.69, 9.17) is 0 Å². The monoisotopic (exact) mass is 309 g/mol. The zero-order valence-corrected chi connectivity index (χ0v) is 12.5. The Morgan fingerprint density at radius 2 is 2.14 bits per heavy atom. The minimum atomic E-state index is -2.92. The molecule has 1 N–H and O–H groups in total. The quantitative estimate of drug-likeness (QED) is 0.924. The Bertz CT molecular complexity index is 671. The van der Waals surface area contributed by atoms with Gasteiger partial charge in [-0.15, -0.1) is 0 Å². The fourth-order valence-corrected chi connectivity index (χ4v) is 2.11. The number of hydrogen-bond acceptors (Lipinski definition) is 3. The predicted octanol–water partition coefficient (Wildman–Crippen LogP) is 2.82.